The average Bonchev–Trinajstić information content (AvgIpc) is 3.12. The Bertz CT molecular complexity index is 1120. The predicted molar refractivity (Wildman–Crippen MR) is 113 cm³/mol. The van der Waals surface area contributed by atoms with Gasteiger partial charge < -0.3 is 23.7 Å². The molecule has 1 fully saturated rings. The first kappa shape index (κ1) is 25.6. The van der Waals surface area contributed by atoms with Crippen LogP contribution in [0.4, 0.5) is 0 Å². The molecule has 1 saturated heterocycles. The Morgan fingerprint density at radius 3 is 2.09 bits per heavy atom. The van der Waals surface area contributed by atoms with Gasteiger partial charge in [-0.3, -0.25) is 23.7 Å². The van der Waals surface area contributed by atoms with Crippen LogP contribution in [0, 0.1) is 0 Å². The molecule has 0 amide bonds. The molecule has 1 aliphatic heterocycles. The topological polar surface area (TPSA) is 158 Å². The number of carbonyl (C=O) groups excluding carboxylic acids is 4. The van der Waals surface area contributed by atoms with Gasteiger partial charge in [-0.2, -0.15) is 4.98 Å². The van der Waals surface area contributed by atoms with E-state index in [9.17, 15) is 19.2 Å². The van der Waals surface area contributed by atoms with E-state index >= 15 is 0 Å². The van der Waals surface area contributed by atoms with Gasteiger partial charge in [0.15, 0.2) is 35.3 Å². The molecule has 0 N–H and O–H groups in total. The number of fused-ring (bicyclic) bond motifs is 1. The lowest BCUT2D eigenvalue weighted by molar-refractivity contribution is -0.267. The SMILES string of the molecule is CC(=O)OCC1OC(n2cnc3c(Cl)nc(Cl)nc32)[C@H](OC(C)=O)[C@@H](OC(C)=O)[C@@H]1OC(C)=O. The van der Waals surface area contributed by atoms with Crippen molar-refractivity contribution in [2.75, 3.05) is 6.61 Å². The van der Waals surface area contributed by atoms with Crippen molar-refractivity contribution in [2.45, 2.75) is 58.3 Å². The van der Waals surface area contributed by atoms with E-state index in [2.05, 4.69) is 15.0 Å². The minimum absolute atomic E-state index is 0.0422. The van der Waals surface area contributed by atoms with Gasteiger partial charge in [0.05, 0.1) is 6.33 Å². The summed E-state index contributed by atoms with van der Waals surface area (Å²) in [7, 11) is 0. The van der Waals surface area contributed by atoms with Crippen LogP contribution in [0.15, 0.2) is 6.33 Å². The smallest absolute Gasteiger partial charge is 0.303 e. The van der Waals surface area contributed by atoms with E-state index in [1.165, 1.54) is 17.8 Å². The summed E-state index contributed by atoms with van der Waals surface area (Å²) in [4.78, 5) is 59.3. The second-order valence-corrected chi connectivity index (χ2v) is 7.89. The van der Waals surface area contributed by atoms with E-state index in [4.69, 9.17) is 46.9 Å². The molecule has 184 valence electrons. The summed E-state index contributed by atoms with van der Waals surface area (Å²) in [5, 5.41) is -0.232. The van der Waals surface area contributed by atoms with Crippen molar-refractivity contribution in [3.8, 4) is 0 Å². The number of hydrogen-bond acceptors (Lipinski definition) is 12. The first-order valence-electron chi connectivity index (χ1n) is 9.84. The summed E-state index contributed by atoms with van der Waals surface area (Å²) in [6.07, 6.45) is -5.09. The number of nitrogens with zero attached hydrogens (tertiary/aromatic N) is 4. The van der Waals surface area contributed by atoms with Crippen LogP contribution in [0.2, 0.25) is 10.4 Å². The molecule has 5 atom stereocenters. The number of aromatic nitrogens is 4. The van der Waals surface area contributed by atoms with Gasteiger partial charge in [0, 0.05) is 27.7 Å². The second-order valence-electron chi connectivity index (χ2n) is 7.20. The zero-order valence-corrected chi connectivity index (χ0v) is 19.9. The largest absolute Gasteiger partial charge is 0.463 e. The minimum Gasteiger partial charge on any atom is -0.463 e. The Balaban J connectivity index is 2.16. The summed E-state index contributed by atoms with van der Waals surface area (Å²) < 4.78 is 28.6. The van der Waals surface area contributed by atoms with E-state index in [0.717, 1.165) is 20.8 Å². The van der Waals surface area contributed by atoms with Crippen molar-refractivity contribution >= 4 is 58.2 Å². The van der Waals surface area contributed by atoms with Crippen LogP contribution in [-0.4, -0.2) is 74.4 Å². The summed E-state index contributed by atoms with van der Waals surface area (Å²) in [5.41, 5.74) is 0.282. The van der Waals surface area contributed by atoms with E-state index in [1.807, 2.05) is 0 Å². The molecule has 3 rings (SSSR count). The van der Waals surface area contributed by atoms with Crippen LogP contribution >= 0.6 is 23.2 Å². The number of hydrogen-bond donors (Lipinski definition) is 0. The Kier molecular flexibility index (Phi) is 7.89. The molecule has 0 bridgehead atoms. The van der Waals surface area contributed by atoms with Crippen molar-refractivity contribution < 1.29 is 42.9 Å². The highest BCUT2D eigenvalue weighted by Crippen LogP contribution is 2.36. The van der Waals surface area contributed by atoms with Crippen LogP contribution in [-0.2, 0) is 42.9 Å². The van der Waals surface area contributed by atoms with E-state index in [0.29, 0.717) is 0 Å². The maximum atomic E-state index is 12.0. The monoisotopic (exact) mass is 518 g/mol. The molecular weight excluding hydrogens is 499 g/mol. The van der Waals surface area contributed by atoms with Crippen LogP contribution in [0.5, 0.6) is 0 Å². The lowest BCUT2D eigenvalue weighted by atomic mass is 9.97. The van der Waals surface area contributed by atoms with Crippen molar-refractivity contribution in [3.63, 3.8) is 0 Å². The molecule has 1 aliphatic rings. The zero-order valence-electron chi connectivity index (χ0n) is 18.4. The van der Waals surface area contributed by atoms with Gasteiger partial charge in [0.25, 0.3) is 0 Å². The van der Waals surface area contributed by atoms with E-state index in [-0.39, 0.29) is 28.2 Å². The molecular formula is C19H20Cl2N4O9. The lowest BCUT2D eigenvalue weighted by Crippen LogP contribution is -2.60. The highest BCUT2D eigenvalue weighted by atomic mass is 35.5. The Morgan fingerprint density at radius 1 is 0.912 bits per heavy atom. The molecule has 34 heavy (non-hydrogen) atoms. The highest BCUT2D eigenvalue weighted by molar-refractivity contribution is 6.35. The van der Waals surface area contributed by atoms with Crippen LogP contribution < -0.4 is 0 Å². The summed E-state index contributed by atoms with van der Waals surface area (Å²) in [6, 6.07) is 0. The molecule has 0 aromatic carbocycles. The molecule has 2 aromatic heterocycles. The van der Waals surface area contributed by atoms with Crippen LogP contribution in [0.25, 0.3) is 11.2 Å². The second kappa shape index (κ2) is 10.5. The molecule has 0 aliphatic carbocycles. The number of imidazole rings is 1. The molecule has 0 radical (unpaired) electrons. The number of ether oxygens (including phenoxy) is 5. The number of carbonyl (C=O) groups is 4. The van der Waals surface area contributed by atoms with Gasteiger partial charge in [0.1, 0.15) is 18.2 Å². The van der Waals surface area contributed by atoms with Crippen molar-refractivity contribution in [1.82, 2.24) is 19.5 Å². The van der Waals surface area contributed by atoms with Gasteiger partial charge in [-0.05, 0) is 11.6 Å². The van der Waals surface area contributed by atoms with Crippen molar-refractivity contribution in [2.24, 2.45) is 0 Å². The molecule has 15 heteroatoms. The normalized spacial score (nSPS) is 24.4. The maximum Gasteiger partial charge on any atom is 0.303 e. The quantitative estimate of drug-likeness (QED) is 0.234. The fraction of sp³-hybridized carbons (Fsp3) is 0.526. The molecule has 0 spiro atoms. The van der Waals surface area contributed by atoms with Crippen LogP contribution in [0.3, 0.4) is 0 Å². The zero-order chi connectivity index (χ0) is 25.2. The van der Waals surface area contributed by atoms with Gasteiger partial charge >= 0.3 is 23.9 Å². The highest BCUT2D eigenvalue weighted by Gasteiger charge is 2.53. The van der Waals surface area contributed by atoms with Crippen LogP contribution in [0.1, 0.15) is 33.9 Å². The summed E-state index contributed by atoms with van der Waals surface area (Å²) >= 11 is 12.1. The van der Waals surface area contributed by atoms with E-state index < -0.39 is 54.5 Å². The first-order valence-corrected chi connectivity index (χ1v) is 10.6. The third-order valence-electron chi connectivity index (χ3n) is 4.59. The number of halogens is 2. The molecule has 0 saturated carbocycles. The molecule has 13 nitrogen and oxygen atoms in total. The number of rotatable bonds is 6. The van der Waals surface area contributed by atoms with Gasteiger partial charge in [0.2, 0.25) is 5.28 Å². The van der Waals surface area contributed by atoms with Gasteiger partial charge in [-0.25, -0.2) is 9.97 Å². The average molecular weight is 519 g/mol. The summed E-state index contributed by atoms with van der Waals surface area (Å²) in [5.74, 6) is -2.87. The Hall–Kier alpha value is -3.03. The standard InChI is InChI=1S/C19H20Cl2N4O9/c1-7(26)30-5-11-13(31-8(2)27)14(32-9(3)28)15(33-10(4)29)18(34-11)25-6-22-12-16(20)23-19(21)24-17(12)25/h6,11,13-15,18H,5H2,1-4H3/t11?,13-,14+,15-,18?/m1/s1. The number of esters is 4. The minimum atomic E-state index is -1.35. The third kappa shape index (κ3) is 5.72. The Morgan fingerprint density at radius 2 is 1.50 bits per heavy atom. The van der Waals surface area contributed by atoms with Gasteiger partial charge in [-0.1, -0.05) is 11.6 Å². The fourth-order valence-corrected chi connectivity index (χ4v) is 3.89. The fourth-order valence-electron chi connectivity index (χ4n) is 3.47. The van der Waals surface area contributed by atoms with Crippen molar-refractivity contribution in [3.05, 3.63) is 16.8 Å². The maximum absolute atomic E-state index is 12.0. The van der Waals surface area contributed by atoms with E-state index in [1.54, 1.807) is 0 Å². The molecule has 3 heterocycles. The predicted octanol–water partition coefficient (Wildman–Crippen LogP) is 1.39. The summed E-state index contributed by atoms with van der Waals surface area (Å²) in [6.45, 7) is 4.19. The van der Waals surface area contributed by atoms with Crippen molar-refractivity contribution in [1.29, 1.82) is 0 Å². The third-order valence-corrected chi connectivity index (χ3v) is 5.02. The first-order chi connectivity index (χ1) is 16.0. The Labute approximate surface area is 202 Å². The lowest BCUT2D eigenvalue weighted by Gasteiger charge is -2.44. The molecule has 2 unspecified atom stereocenters. The van der Waals surface area contributed by atoms with Gasteiger partial charge in [-0.15, -0.1) is 0 Å². The molecule has 2 aromatic rings.